The molecule has 2 saturated heterocycles. The number of ether oxygens (including phenoxy) is 3. The molecule has 2 fully saturated rings. The third kappa shape index (κ3) is 2.90. The predicted octanol–water partition coefficient (Wildman–Crippen LogP) is 1.41. The Labute approximate surface area is 178 Å². The number of carbonyl (C=O) groups is 2. The fraction of sp³-hybridized carbons (Fsp3) is 0.348. The SMILES string of the molecule is O=C(NCc1cccnc1)[C@H]1[C@H]2C=C[C@]3(CN(Cc4ccc5c(c4)OCO5)C(=O)[C@@H]13)O2. The predicted molar refractivity (Wildman–Crippen MR) is 108 cm³/mol. The summed E-state index contributed by atoms with van der Waals surface area (Å²) in [6.45, 7) is 1.45. The van der Waals surface area contributed by atoms with E-state index in [1.165, 1.54) is 0 Å². The Morgan fingerprint density at radius 3 is 3.00 bits per heavy atom. The van der Waals surface area contributed by atoms with Crippen LogP contribution < -0.4 is 14.8 Å². The summed E-state index contributed by atoms with van der Waals surface area (Å²) >= 11 is 0. The minimum atomic E-state index is -0.728. The molecule has 158 valence electrons. The minimum Gasteiger partial charge on any atom is -0.454 e. The molecule has 8 heteroatoms. The number of amides is 2. The van der Waals surface area contributed by atoms with Crippen LogP contribution in [0.1, 0.15) is 11.1 Å². The van der Waals surface area contributed by atoms with Crippen molar-refractivity contribution in [2.75, 3.05) is 13.3 Å². The molecule has 0 saturated carbocycles. The highest BCUT2D eigenvalue weighted by atomic mass is 16.7. The van der Waals surface area contributed by atoms with Crippen molar-refractivity contribution in [3.05, 3.63) is 66.0 Å². The molecule has 0 unspecified atom stereocenters. The lowest BCUT2D eigenvalue weighted by atomic mass is 9.77. The topological polar surface area (TPSA) is 90.0 Å². The molecule has 4 aliphatic rings. The van der Waals surface area contributed by atoms with Crippen LogP contribution in [0.5, 0.6) is 11.5 Å². The standard InChI is InChI=1S/C23H21N3O5/c27-21(25-10-15-2-1-7-24-9-15)19-17-5-6-23(31-17)12-26(22(28)20(19)23)11-14-3-4-16-18(8-14)30-13-29-16/h1-9,17,19-20H,10-13H2,(H,25,27)/t17-,19+,20-,23-/m1/s1. The number of nitrogens with one attached hydrogen (secondary N) is 1. The Morgan fingerprint density at radius 1 is 1.23 bits per heavy atom. The molecule has 1 spiro atoms. The van der Waals surface area contributed by atoms with Gasteiger partial charge in [-0.05, 0) is 29.3 Å². The smallest absolute Gasteiger partial charge is 0.231 e. The van der Waals surface area contributed by atoms with E-state index in [-0.39, 0.29) is 24.7 Å². The molecule has 1 aromatic carbocycles. The van der Waals surface area contributed by atoms with Crippen LogP contribution in [0.2, 0.25) is 0 Å². The van der Waals surface area contributed by atoms with Crippen LogP contribution in [-0.2, 0) is 27.4 Å². The van der Waals surface area contributed by atoms with Gasteiger partial charge in [0.05, 0.1) is 24.5 Å². The van der Waals surface area contributed by atoms with E-state index in [9.17, 15) is 9.59 Å². The average Bonchev–Trinajstić information content (AvgIpc) is 3.54. The van der Waals surface area contributed by atoms with Gasteiger partial charge in [-0.3, -0.25) is 14.6 Å². The van der Waals surface area contributed by atoms with Crippen molar-refractivity contribution >= 4 is 11.8 Å². The normalized spacial score (nSPS) is 29.5. The van der Waals surface area contributed by atoms with Crippen molar-refractivity contribution in [1.29, 1.82) is 0 Å². The van der Waals surface area contributed by atoms with Crippen LogP contribution in [-0.4, -0.2) is 46.7 Å². The van der Waals surface area contributed by atoms with E-state index in [2.05, 4.69) is 10.3 Å². The van der Waals surface area contributed by atoms with Crippen LogP contribution in [0.15, 0.2) is 54.9 Å². The molecule has 8 nitrogen and oxygen atoms in total. The molecule has 0 aliphatic carbocycles. The first-order valence-corrected chi connectivity index (χ1v) is 10.3. The van der Waals surface area contributed by atoms with Crippen molar-refractivity contribution in [2.45, 2.75) is 24.8 Å². The van der Waals surface area contributed by atoms with Gasteiger partial charge >= 0.3 is 0 Å². The molecular weight excluding hydrogens is 398 g/mol. The third-order valence-corrected chi connectivity index (χ3v) is 6.48. The lowest BCUT2D eigenvalue weighted by Gasteiger charge is -2.23. The van der Waals surface area contributed by atoms with Gasteiger partial charge in [-0.15, -0.1) is 0 Å². The molecule has 0 radical (unpaired) electrons. The number of nitrogens with zero attached hydrogens (tertiary/aromatic N) is 2. The van der Waals surface area contributed by atoms with Crippen molar-refractivity contribution in [3.63, 3.8) is 0 Å². The summed E-state index contributed by atoms with van der Waals surface area (Å²) in [5, 5.41) is 2.95. The first-order valence-electron chi connectivity index (χ1n) is 10.3. The quantitative estimate of drug-likeness (QED) is 0.737. The van der Waals surface area contributed by atoms with Crippen LogP contribution in [0.4, 0.5) is 0 Å². The minimum absolute atomic E-state index is 0.0500. The van der Waals surface area contributed by atoms with Gasteiger partial charge in [-0.1, -0.05) is 24.3 Å². The second-order valence-corrected chi connectivity index (χ2v) is 8.36. The van der Waals surface area contributed by atoms with Gasteiger partial charge in [0.15, 0.2) is 11.5 Å². The Bertz CT molecular complexity index is 1090. The van der Waals surface area contributed by atoms with E-state index in [4.69, 9.17) is 14.2 Å². The summed E-state index contributed by atoms with van der Waals surface area (Å²) in [6.07, 6.45) is 6.92. The van der Waals surface area contributed by atoms with Crippen molar-refractivity contribution < 1.29 is 23.8 Å². The van der Waals surface area contributed by atoms with Crippen molar-refractivity contribution in [1.82, 2.24) is 15.2 Å². The molecule has 4 aliphatic heterocycles. The molecule has 1 aromatic heterocycles. The molecule has 1 N–H and O–H groups in total. The summed E-state index contributed by atoms with van der Waals surface area (Å²) in [4.78, 5) is 32.2. The number of benzene rings is 1. The molecule has 6 rings (SSSR count). The fourth-order valence-electron chi connectivity index (χ4n) is 5.08. The summed E-state index contributed by atoms with van der Waals surface area (Å²) in [5.41, 5.74) is 1.13. The maximum atomic E-state index is 13.4. The van der Waals surface area contributed by atoms with Crippen LogP contribution in [0.25, 0.3) is 0 Å². The molecule has 2 aromatic rings. The fourth-order valence-corrected chi connectivity index (χ4v) is 5.08. The largest absolute Gasteiger partial charge is 0.454 e. The number of likely N-dealkylation sites (tertiary alicyclic amines) is 1. The number of rotatable bonds is 5. The zero-order valence-electron chi connectivity index (χ0n) is 16.7. The number of pyridine rings is 1. The maximum absolute atomic E-state index is 13.4. The highest BCUT2D eigenvalue weighted by molar-refractivity contribution is 5.93. The van der Waals surface area contributed by atoms with Gasteiger partial charge in [-0.25, -0.2) is 0 Å². The Kier molecular flexibility index (Phi) is 4.04. The first-order chi connectivity index (χ1) is 15.1. The lowest BCUT2D eigenvalue weighted by Crippen LogP contribution is -2.43. The highest BCUT2D eigenvalue weighted by Crippen LogP contribution is 2.52. The van der Waals surface area contributed by atoms with Gasteiger partial charge < -0.3 is 24.4 Å². The molecule has 2 amide bonds. The average molecular weight is 419 g/mol. The molecule has 4 atom stereocenters. The Balaban J connectivity index is 1.19. The molecular formula is C23H21N3O5. The van der Waals surface area contributed by atoms with Gasteiger partial charge in [-0.2, -0.15) is 0 Å². The summed E-state index contributed by atoms with van der Waals surface area (Å²) in [6, 6.07) is 9.41. The number of hydrogen-bond acceptors (Lipinski definition) is 6. The Morgan fingerprint density at radius 2 is 2.13 bits per heavy atom. The number of carbonyl (C=O) groups excluding carboxylic acids is 2. The number of hydrogen-bond donors (Lipinski definition) is 1. The van der Waals surface area contributed by atoms with Crippen LogP contribution in [0.3, 0.4) is 0 Å². The molecule has 31 heavy (non-hydrogen) atoms. The zero-order valence-corrected chi connectivity index (χ0v) is 16.7. The van der Waals surface area contributed by atoms with E-state index < -0.39 is 17.4 Å². The summed E-state index contributed by atoms with van der Waals surface area (Å²) in [5.74, 6) is 0.144. The van der Waals surface area contributed by atoms with Crippen molar-refractivity contribution in [3.8, 4) is 11.5 Å². The van der Waals surface area contributed by atoms with Crippen LogP contribution in [0, 0.1) is 11.8 Å². The van der Waals surface area contributed by atoms with E-state index in [0.717, 1.165) is 11.1 Å². The third-order valence-electron chi connectivity index (χ3n) is 6.48. The number of fused-ring (bicyclic) bond motifs is 2. The Hall–Kier alpha value is -3.39. The molecule has 5 heterocycles. The van der Waals surface area contributed by atoms with Crippen LogP contribution >= 0.6 is 0 Å². The second kappa shape index (κ2) is 6.81. The summed E-state index contributed by atoms with van der Waals surface area (Å²) in [7, 11) is 0. The van der Waals surface area contributed by atoms with E-state index in [0.29, 0.717) is 31.1 Å². The lowest BCUT2D eigenvalue weighted by molar-refractivity contribution is -0.137. The van der Waals surface area contributed by atoms with E-state index in [1.54, 1.807) is 17.3 Å². The zero-order chi connectivity index (χ0) is 21.0. The van der Waals surface area contributed by atoms with Crippen molar-refractivity contribution in [2.24, 2.45) is 11.8 Å². The summed E-state index contributed by atoms with van der Waals surface area (Å²) < 4.78 is 17.0. The van der Waals surface area contributed by atoms with E-state index >= 15 is 0 Å². The number of aromatic nitrogens is 1. The monoisotopic (exact) mass is 419 g/mol. The highest BCUT2D eigenvalue weighted by Gasteiger charge is 2.66. The maximum Gasteiger partial charge on any atom is 0.231 e. The second-order valence-electron chi connectivity index (χ2n) is 8.36. The van der Waals surface area contributed by atoms with Gasteiger partial charge in [0.2, 0.25) is 18.6 Å². The van der Waals surface area contributed by atoms with Gasteiger partial charge in [0.25, 0.3) is 0 Å². The van der Waals surface area contributed by atoms with Gasteiger partial charge in [0, 0.05) is 25.5 Å². The van der Waals surface area contributed by atoms with E-state index in [1.807, 2.05) is 42.5 Å². The first kappa shape index (κ1) is 18.4. The molecule has 2 bridgehead atoms. The van der Waals surface area contributed by atoms with Gasteiger partial charge in [0.1, 0.15) is 5.60 Å².